The minimum absolute atomic E-state index is 0. The van der Waals surface area contributed by atoms with Gasteiger partial charge in [-0.25, -0.2) is 8.42 Å². The average Bonchev–Trinajstić information content (AvgIpc) is 2.81. The van der Waals surface area contributed by atoms with Gasteiger partial charge in [0.25, 0.3) is 0 Å². The normalized spacial score (nSPS) is 10.8. The Bertz CT molecular complexity index is 1530. The molecule has 0 amide bonds. The first-order chi connectivity index (χ1) is 16.5. The predicted octanol–water partition coefficient (Wildman–Crippen LogP) is 1.87. The standard InChI is InChI=1S/C22H22NO4.C2H4O5S.H2O/c1-13-16-11-21(26-4)20(25-3)10-15(16)8-18-17-12-22(27-5)19(24-2)9-14(17)6-7-23(13)18;3-2(4)1-8(5,6)7;/h6-12H,1-5H3;1H2,(H,3,4)(H,5,6,7);1H2/q+1;;/p-1. The van der Waals surface area contributed by atoms with E-state index in [1.54, 1.807) is 28.4 Å². The van der Waals surface area contributed by atoms with E-state index in [4.69, 9.17) is 24.1 Å². The van der Waals surface area contributed by atoms with Crippen LogP contribution >= 0.6 is 0 Å². The van der Waals surface area contributed by atoms with Crippen molar-refractivity contribution in [3.63, 3.8) is 0 Å². The van der Waals surface area contributed by atoms with Crippen LogP contribution in [0.4, 0.5) is 0 Å². The highest BCUT2D eigenvalue weighted by molar-refractivity contribution is 7.86. The monoisotopic (exact) mass is 521 g/mol. The van der Waals surface area contributed by atoms with Crippen LogP contribution in [0.25, 0.3) is 27.1 Å². The molecule has 12 heteroatoms. The van der Waals surface area contributed by atoms with E-state index < -0.39 is 21.8 Å². The van der Waals surface area contributed by atoms with Gasteiger partial charge in [-0.3, -0.25) is 4.79 Å². The van der Waals surface area contributed by atoms with Crippen molar-refractivity contribution in [1.29, 1.82) is 0 Å². The summed E-state index contributed by atoms with van der Waals surface area (Å²) >= 11 is 0. The molecule has 0 unspecified atom stereocenters. The number of ether oxygens (including phenoxy) is 4. The zero-order chi connectivity index (χ0) is 25.9. The van der Waals surface area contributed by atoms with Crippen molar-refractivity contribution in [3.8, 4) is 23.0 Å². The number of hydrogen-bond donors (Lipinski definition) is 1. The van der Waals surface area contributed by atoms with Crippen molar-refractivity contribution >= 4 is 43.1 Å². The Balaban J connectivity index is 0.000000442. The average molecular weight is 522 g/mol. The van der Waals surface area contributed by atoms with Crippen LogP contribution in [0.3, 0.4) is 0 Å². The lowest BCUT2D eigenvalue weighted by atomic mass is 10.0. The van der Waals surface area contributed by atoms with Gasteiger partial charge in [-0.2, -0.15) is 4.40 Å². The minimum atomic E-state index is -4.57. The van der Waals surface area contributed by atoms with Gasteiger partial charge in [-0.05, 0) is 35.0 Å². The van der Waals surface area contributed by atoms with Crippen molar-refractivity contribution in [2.45, 2.75) is 6.92 Å². The number of aryl methyl sites for hydroxylation is 1. The van der Waals surface area contributed by atoms with Crippen LogP contribution in [-0.4, -0.2) is 63.7 Å². The largest absolute Gasteiger partial charge is 0.748 e. The Hall–Kier alpha value is -3.87. The summed E-state index contributed by atoms with van der Waals surface area (Å²) < 4.78 is 52.6. The van der Waals surface area contributed by atoms with Gasteiger partial charge in [0.15, 0.2) is 34.9 Å². The van der Waals surface area contributed by atoms with Crippen LogP contribution in [0, 0.1) is 6.92 Å². The van der Waals surface area contributed by atoms with Crippen molar-refractivity contribution in [2.24, 2.45) is 0 Å². The Kier molecular flexibility index (Phi) is 8.86. The Morgan fingerprint density at radius 3 is 1.78 bits per heavy atom. The van der Waals surface area contributed by atoms with E-state index in [9.17, 15) is 17.8 Å². The molecule has 0 atom stereocenters. The molecule has 2 aromatic heterocycles. The van der Waals surface area contributed by atoms with E-state index >= 15 is 0 Å². The number of carbonyl (C=O) groups is 1. The third-order valence-corrected chi connectivity index (χ3v) is 5.99. The molecule has 0 aliphatic heterocycles. The van der Waals surface area contributed by atoms with Crippen molar-refractivity contribution in [3.05, 3.63) is 48.3 Å². The van der Waals surface area contributed by atoms with Gasteiger partial charge in [-0.15, -0.1) is 0 Å². The van der Waals surface area contributed by atoms with Crippen LogP contribution < -0.4 is 23.3 Å². The third kappa shape index (κ3) is 5.85. The maximum Gasteiger partial charge on any atom is 0.317 e. The van der Waals surface area contributed by atoms with Crippen LogP contribution in [0.5, 0.6) is 23.0 Å². The molecule has 4 rings (SSSR count). The molecule has 0 fully saturated rings. The van der Waals surface area contributed by atoms with Crippen molar-refractivity contribution in [1.82, 2.24) is 0 Å². The molecular weight excluding hydrogens is 494 g/mol. The first kappa shape index (κ1) is 28.4. The van der Waals surface area contributed by atoms with Gasteiger partial charge < -0.3 is 34.1 Å². The molecular formula is C24H27NO10S. The summed E-state index contributed by atoms with van der Waals surface area (Å²) in [6.45, 7) is 2.10. The molecule has 0 saturated heterocycles. The van der Waals surface area contributed by atoms with Gasteiger partial charge in [0, 0.05) is 19.1 Å². The number of carboxylic acids is 1. The highest BCUT2D eigenvalue weighted by atomic mass is 32.2. The lowest BCUT2D eigenvalue weighted by molar-refractivity contribution is -0.516. The summed E-state index contributed by atoms with van der Waals surface area (Å²) in [5.74, 6) is -0.0950. The number of fused-ring (bicyclic) bond motifs is 4. The van der Waals surface area contributed by atoms with Gasteiger partial charge >= 0.3 is 5.97 Å². The maximum atomic E-state index is 9.51. The summed E-state index contributed by atoms with van der Waals surface area (Å²) in [6, 6.07) is 12.3. The molecule has 0 aliphatic rings. The number of methoxy groups -OCH3 is 4. The van der Waals surface area contributed by atoms with Crippen LogP contribution in [-0.2, 0) is 14.9 Å². The second-order valence-electron chi connectivity index (χ2n) is 7.49. The van der Waals surface area contributed by atoms with Gasteiger partial charge in [0.05, 0.1) is 39.2 Å². The molecule has 0 saturated carbocycles. The SMILES string of the molecule is COc1cc2cc3c4cc(OC)c(OC)cc4cc[n+]3c(C)c2cc1OC.O.O=C(O)CS(=O)(=O)[O-]. The number of pyridine rings is 2. The first-order valence-electron chi connectivity index (χ1n) is 10.2. The van der Waals surface area contributed by atoms with Crippen LogP contribution in [0.1, 0.15) is 5.69 Å². The van der Waals surface area contributed by atoms with Gasteiger partial charge in [0.1, 0.15) is 15.9 Å². The first-order valence-corrected chi connectivity index (χ1v) is 11.8. The van der Waals surface area contributed by atoms with Crippen LogP contribution in [0.15, 0.2) is 42.6 Å². The molecule has 4 aromatic rings. The molecule has 2 aromatic carbocycles. The molecule has 0 radical (unpaired) electrons. The molecule has 11 nitrogen and oxygen atoms in total. The smallest absolute Gasteiger partial charge is 0.317 e. The summed E-state index contributed by atoms with van der Waals surface area (Å²) in [4.78, 5) is 9.44. The molecule has 36 heavy (non-hydrogen) atoms. The number of rotatable bonds is 6. The molecule has 0 spiro atoms. The summed E-state index contributed by atoms with van der Waals surface area (Å²) in [6.07, 6.45) is 2.08. The van der Waals surface area contributed by atoms with E-state index in [0.29, 0.717) is 11.5 Å². The van der Waals surface area contributed by atoms with E-state index in [2.05, 4.69) is 29.7 Å². The zero-order valence-corrected chi connectivity index (χ0v) is 21.1. The van der Waals surface area contributed by atoms with Gasteiger partial charge in [0.2, 0.25) is 5.52 Å². The summed E-state index contributed by atoms with van der Waals surface area (Å²) in [5, 5.41) is 12.1. The molecule has 0 bridgehead atoms. The van der Waals surface area contributed by atoms with E-state index in [1.165, 1.54) is 0 Å². The molecule has 0 aliphatic carbocycles. The minimum Gasteiger partial charge on any atom is -0.748 e. The fourth-order valence-electron chi connectivity index (χ4n) is 3.81. The number of aliphatic carboxylic acids is 1. The Morgan fingerprint density at radius 1 is 0.861 bits per heavy atom. The fraction of sp³-hybridized carbons (Fsp3) is 0.250. The fourth-order valence-corrected chi connectivity index (χ4v) is 4.12. The predicted molar refractivity (Wildman–Crippen MR) is 131 cm³/mol. The van der Waals surface area contributed by atoms with Gasteiger partial charge in [-0.1, -0.05) is 0 Å². The second kappa shape index (κ2) is 11.2. The number of hydrogen-bond acceptors (Lipinski definition) is 8. The van der Waals surface area contributed by atoms with E-state index in [0.717, 1.165) is 44.3 Å². The van der Waals surface area contributed by atoms with Crippen molar-refractivity contribution < 1.29 is 51.7 Å². The van der Waals surface area contributed by atoms with Crippen molar-refractivity contribution in [2.75, 3.05) is 34.2 Å². The summed E-state index contributed by atoms with van der Waals surface area (Å²) in [7, 11) is 2.03. The lowest BCUT2D eigenvalue weighted by Crippen LogP contribution is -2.25. The topological polar surface area (TPSA) is 167 Å². The zero-order valence-electron chi connectivity index (χ0n) is 20.3. The number of nitrogens with zero attached hydrogens (tertiary/aromatic N) is 1. The lowest BCUT2D eigenvalue weighted by Gasteiger charge is -2.11. The highest BCUT2D eigenvalue weighted by Gasteiger charge is 2.19. The Labute approximate surface area is 207 Å². The number of carboxylic acid groups (broad SMARTS) is 1. The maximum absolute atomic E-state index is 9.51. The van der Waals surface area contributed by atoms with E-state index in [-0.39, 0.29) is 5.48 Å². The summed E-state index contributed by atoms with van der Waals surface area (Å²) in [5.41, 5.74) is 2.21. The number of aromatic nitrogens is 1. The number of benzene rings is 2. The molecule has 2 heterocycles. The highest BCUT2D eigenvalue weighted by Crippen LogP contribution is 2.36. The molecule has 194 valence electrons. The van der Waals surface area contributed by atoms with E-state index in [1.807, 2.05) is 24.3 Å². The quantitative estimate of drug-likeness (QED) is 0.172. The molecule has 3 N–H and O–H groups in total. The van der Waals surface area contributed by atoms with Crippen LogP contribution in [0.2, 0.25) is 0 Å². The second-order valence-corrected chi connectivity index (χ2v) is 8.89. The third-order valence-electron chi connectivity index (χ3n) is 5.39. The Morgan fingerprint density at radius 2 is 1.33 bits per heavy atom.